The molecule has 0 atom stereocenters. The van der Waals surface area contributed by atoms with E-state index in [1.165, 1.54) is 13.1 Å². The molecular weight excluding hydrogens is 306 g/mol. The van der Waals surface area contributed by atoms with Crippen molar-refractivity contribution in [2.24, 2.45) is 0 Å². The van der Waals surface area contributed by atoms with Crippen molar-refractivity contribution in [3.8, 4) is 5.75 Å². The maximum atomic E-state index is 12.3. The van der Waals surface area contributed by atoms with Crippen molar-refractivity contribution in [1.82, 2.24) is 15.5 Å². The summed E-state index contributed by atoms with van der Waals surface area (Å²) >= 11 is 0. The largest absolute Gasteiger partial charge is 0.505 e. The number of hydrogen-bond acceptors (Lipinski definition) is 3. The number of nitrogens with one attached hydrogen (secondary N) is 2. The molecule has 1 aromatic carbocycles. The van der Waals surface area contributed by atoms with Gasteiger partial charge in [-0.05, 0) is 18.6 Å². The molecule has 1 aromatic heterocycles. The number of aromatic hydroxyl groups is 1. The molecule has 0 aliphatic heterocycles. The number of hydrogen-bond donors (Lipinski definition) is 3. The fourth-order valence-electron chi connectivity index (χ4n) is 1.33. The zero-order valence-corrected chi connectivity index (χ0v) is 11.6. The number of amides is 1. The Hall–Kier alpha value is -2.58. The van der Waals surface area contributed by atoms with Crippen LogP contribution in [0.25, 0.3) is 0 Å². The van der Waals surface area contributed by atoms with Crippen molar-refractivity contribution in [2.75, 3.05) is 7.05 Å². The Bertz CT molecular complexity index is 633. The van der Waals surface area contributed by atoms with Gasteiger partial charge in [0.15, 0.2) is 17.3 Å². The molecule has 120 valence electrons. The fourth-order valence-corrected chi connectivity index (χ4v) is 1.33. The van der Waals surface area contributed by atoms with Gasteiger partial charge in [0.2, 0.25) is 0 Å². The second-order valence-corrected chi connectivity index (χ2v) is 4.15. The van der Waals surface area contributed by atoms with Crippen molar-refractivity contribution >= 4 is 5.91 Å². The van der Waals surface area contributed by atoms with Crippen LogP contribution in [0.5, 0.6) is 5.75 Å². The number of rotatable bonds is 1. The van der Waals surface area contributed by atoms with E-state index >= 15 is 0 Å². The van der Waals surface area contributed by atoms with Crippen LogP contribution < -0.4 is 5.32 Å². The minimum Gasteiger partial charge on any atom is -0.505 e. The number of phenols is 1. The molecule has 0 saturated heterocycles. The lowest BCUT2D eigenvalue weighted by atomic mass is 10.2. The van der Waals surface area contributed by atoms with Gasteiger partial charge in [-0.1, -0.05) is 12.1 Å². The van der Waals surface area contributed by atoms with Crippen molar-refractivity contribution in [2.45, 2.75) is 13.1 Å². The maximum Gasteiger partial charge on any atom is 0.432 e. The van der Waals surface area contributed by atoms with Crippen molar-refractivity contribution in [3.05, 3.63) is 47.0 Å². The van der Waals surface area contributed by atoms with Gasteiger partial charge in [0.05, 0.1) is 0 Å². The first-order valence-corrected chi connectivity index (χ1v) is 5.95. The summed E-state index contributed by atoms with van der Waals surface area (Å²) in [5.74, 6) is -1.47. The van der Waals surface area contributed by atoms with E-state index in [1.807, 2.05) is 0 Å². The highest BCUT2D eigenvalue weighted by atomic mass is 19.4. The Morgan fingerprint density at radius 2 is 2.00 bits per heavy atom. The molecular formula is C13H13F4N3O2. The van der Waals surface area contributed by atoms with Gasteiger partial charge in [-0.2, -0.15) is 18.3 Å². The number of aromatic nitrogens is 2. The number of benzene rings is 1. The summed E-state index contributed by atoms with van der Waals surface area (Å²) in [6, 6.07) is 5.09. The smallest absolute Gasteiger partial charge is 0.432 e. The minimum atomic E-state index is -4.50. The Balaban J connectivity index is 0.000000235. The van der Waals surface area contributed by atoms with Crippen LogP contribution in [0.3, 0.4) is 0 Å². The van der Waals surface area contributed by atoms with Crippen molar-refractivity contribution in [3.63, 3.8) is 0 Å². The maximum absolute atomic E-state index is 12.3. The highest BCUT2D eigenvalue weighted by molar-refractivity contribution is 5.92. The van der Waals surface area contributed by atoms with Gasteiger partial charge in [-0.15, -0.1) is 0 Å². The molecule has 1 heterocycles. The monoisotopic (exact) mass is 319 g/mol. The van der Waals surface area contributed by atoms with Crippen molar-refractivity contribution in [1.29, 1.82) is 0 Å². The lowest BCUT2D eigenvalue weighted by molar-refractivity contribution is -0.141. The van der Waals surface area contributed by atoms with Crippen LogP contribution in [-0.2, 0) is 6.18 Å². The summed E-state index contributed by atoms with van der Waals surface area (Å²) in [5.41, 5.74) is -0.754. The third kappa shape index (κ3) is 4.47. The zero-order chi connectivity index (χ0) is 16.9. The Labute approximate surface area is 123 Å². The molecule has 3 N–H and O–H groups in total. The topological polar surface area (TPSA) is 78.0 Å². The zero-order valence-electron chi connectivity index (χ0n) is 11.6. The van der Waals surface area contributed by atoms with E-state index in [0.717, 1.165) is 0 Å². The number of para-hydroxylation sites is 1. The molecule has 2 aromatic rings. The summed E-state index contributed by atoms with van der Waals surface area (Å²) in [7, 11) is 1.31. The number of carbonyl (C=O) groups excluding carboxylic acids is 1. The highest BCUT2D eigenvalue weighted by Gasteiger charge is 2.33. The molecule has 2 rings (SSSR count). The summed E-state index contributed by atoms with van der Waals surface area (Å²) < 4.78 is 48.2. The van der Waals surface area contributed by atoms with Gasteiger partial charge < -0.3 is 10.4 Å². The highest BCUT2D eigenvalue weighted by Crippen LogP contribution is 2.27. The van der Waals surface area contributed by atoms with Gasteiger partial charge >= 0.3 is 6.18 Å². The predicted octanol–water partition coefficient (Wildman–Crippen LogP) is 2.63. The Kier molecular flexibility index (Phi) is 5.50. The van der Waals surface area contributed by atoms with Crippen LogP contribution in [0.15, 0.2) is 24.3 Å². The lowest BCUT2D eigenvalue weighted by Gasteiger charge is -1.99. The molecule has 0 aliphatic rings. The van der Waals surface area contributed by atoms with E-state index in [1.54, 1.807) is 24.2 Å². The average molecular weight is 319 g/mol. The molecule has 0 unspecified atom stereocenters. The SMILES string of the molecule is CNC(=O)c1cc(C(F)(F)F)[nH]n1.Cc1cccc(F)c1O. The summed E-state index contributed by atoms with van der Waals surface area (Å²) in [5, 5.41) is 15.9. The Morgan fingerprint density at radius 1 is 1.36 bits per heavy atom. The fraction of sp³-hybridized carbons (Fsp3) is 0.231. The normalized spacial score (nSPS) is 10.6. The second kappa shape index (κ2) is 6.92. The van der Waals surface area contributed by atoms with Crippen LogP contribution in [0.4, 0.5) is 17.6 Å². The van der Waals surface area contributed by atoms with Crippen molar-refractivity contribution < 1.29 is 27.5 Å². The lowest BCUT2D eigenvalue weighted by Crippen LogP contribution is -2.18. The predicted molar refractivity (Wildman–Crippen MR) is 69.8 cm³/mol. The third-order valence-corrected chi connectivity index (χ3v) is 2.53. The molecule has 0 spiro atoms. The number of halogens is 4. The van der Waals surface area contributed by atoms with E-state index in [0.29, 0.717) is 11.6 Å². The summed E-state index contributed by atoms with van der Waals surface area (Å²) in [4.78, 5) is 10.8. The van der Waals surface area contributed by atoms with Crippen LogP contribution in [-0.4, -0.2) is 28.3 Å². The van der Waals surface area contributed by atoms with E-state index in [-0.39, 0.29) is 11.4 Å². The first-order chi connectivity index (χ1) is 10.2. The molecule has 5 nitrogen and oxygen atoms in total. The molecule has 0 aliphatic carbocycles. The number of carbonyl (C=O) groups is 1. The number of H-pyrrole nitrogens is 1. The first-order valence-electron chi connectivity index (χ1n) is 5.95. The second-order valence-electron chi connectivity index (χ2n) is 4.15. The molecule has 0 radical (unpaired) electrons. The summed E-state index contributed by atoms with van der Waals surface area (Å²) in [6.45, 7) is 1.65. The molecule has 0 saturated carbocycles. The van der Waals surface area contributed by atoms with Gasteiger partial charge in [-0.25, -0.2) is 4.39 Å². The molecule has 1 amide bonds. The molecule has 0 bridgehead atoms. The quantitative estimate of drug-likeness (QED) is 0.707. The van der Waals surface area contributed by atoms with Gasteiger partial charge in [-0.3, -0.25) is 9.89 Å². The van der Waals surface area contributed by atoms with Gasteiger partial charge in [0.25, 0.3) is 5.91 Å². The minimum absolute atomic E-state index is 0.252. The van der Waals surface area contributed by atoms with Gasteiger partial charge in [0.1, 0.15) is 5.69 Å². The molecule has 9 heteroatoms. The van der Waals surface area contributed by atoms with Crippen LogP contribution in [0.2, 0.25) is 0 Å². The van der Waals surface area contributed by atoms with E-state index in [2.05, 4.69) is 10.4 Å². The number of alkyl halides is 3. The third-order valence-electron chi connectivity index (χ3n) is 2.53. The van der Waals surface area contributed by atoms with Gasteiger partial charge in [0, 0.05) is 13.1 Å². The average Bonchev–Trinajstić information content (AvgIpc) is 2.94. The standard InChI is InChI=1S/C7H7FO.C6H6F3N3O/c1-5-3-2-4-6(8)7(5)9;1-10-5(13)3-2-4(12-11-3)6(7,8)9/h2-4,9H,1H3;2H,1H3,(H,10,13)(H,11,12). The van der Waals surface area contributed by atoms with E-state index in [4.69, 9.17) is 5.11 Å². The number of nitrogens with zero attached hydrogens (tertiary/aromatic N) is 1. The van der Waals surface area contributed by atoms with E-state index in [9.17, 15) is 22.4 Å². The van der Waals surface area contributed by atoms with E-state index < -0.39 is 23.6 Å². The molecule has 22 heavy (non-hydrogen) atoms. The summed E-state index contributed by atoms with van der Waals surface area (Å²) in [6.07, 6.45) is -4.50. The number of phenolic OH excluding ortho intramolecular Hbond substituents is 1. The first kappa shape index (κ1) is 17.5. The molecule has 0 fully saturated rings. The van der Waals surface area contributed by atoms with Crippen LogP contribution >= 0.6 is 0 Å². The van der Waals surface area contributed by atoms with Crippen LogP contribution in [0.1, 0.15) is 21.7 Å². The Morgan fingerprint density at radius 3 is 2.41 bits per heavy atom. The number of aryl methyl sites for hydroxylation is 1. The number of aromatic amines is 1. The van der Waals surface area contributed by atoms with Crippen LogP contribution in [0, 0.1) is 12.7 Å².